The molecule has 9 nitrogen and oxygen atoms in total. The molecule has 0 aromatic heterocycles. The summed E-state index contributed by atoms with van der Waals surface area (Å²) in [4.78, 5) is 54.4. The van der Waals surface area contributed by atoms with E-state index in [-0.39, 0.29) is 43.2 Å². The molecule has 1 aromatic rings. The van der Waals surface area contributed by atoms with Crippen molar-refractivity contribution < 1.29 is 29.0 Å². The second kappa shape index (κ2) is 10.4. The van der Waals surface area contributed by atoms with Gasteiger partial charge in [-0.05, 0) is 49.8 Å². The largest absolute Gasteiger partial charge is 0.497 e. The van der Waals surface area contributed by atoms with Gasteiger partial charge in [-0.25, -0.2) is 0 Å². The first-order valence-electron chi connectivity index (χ1n) is 12.2. The minimum absolute atomic E-state index is 0.0744. The Hall–Kier alpha value is -3.10. The van der Waals surface area contributed by atoms with Gasteiger partial charge < -0.3 is 25.0 Å². The SMILES string of the molecule is COc1cccc(C(=O)N2CCN(C(=O)C3CC3)C2C(=O)NC(CC(=O)O)C2CCCCC2)c1. The number of aliphatic carboxylic acids is 1. The van der Waals surface area contributed by atoms with E-state index in [1.54, 1.807) is 24.3 Å². The number of carbonyl (C=O) groups excluding carboxylic acids is 3. The highest BCUT2D eigenvalue weighted by Crippen LogP contribution is 2.34. The number of ether oxygens (including phenoxy) is 1. The number of benzene rings is 1. The van der Waals surface area contributed by atoms with E-state index < -0.39 is 24.1 Å². The Labute approximate surface area is 199 Å². The lowest BCUT2D eigenvalue weighted by atomic mass is 9.82. The van der Waals surface area contributed by atoms with Gasteiger partial charge in [0.05, 0.1) is 13.5 Å². The number of hydrogen-bond donors (Lipinski definition) is 2. The molecule has 34 heavy (non-hydrogen) atoms. The van der Waals surface area contributed by atoms with Crippen LogP contribution in [0.4, 0.5) is 0 Å². The molecule has 2 N–H and O–H groups in total. The first kappa shape index (κ1) is 24.0. The van der Waals surface area contributed by atoms with Crippen LogP contribution in [-0.4, -0.2) is 71.0 Å². The van der Waals surface area contributed by atoms with Crippen molar-refractivity contribution in [2.75, 3.05) is 20.2 Å². The summed E-state index contributed by atoms with van der Waals surface area (Å²) in [6.45, 7) is 0.510. The third kappa shape index (κ3) is 5.34. The summed E-state index contributed by atoms with van der Waals surface area (Å²) in [5.41, 5.74) is 0.368. The third-order valence-electron chi connectivity index (χ3n) is 7.14. The van der Waals surface area contributed by atoms with E-state index in [4.69, 9.17) is 4.74 Å². The van der Waals surface area contributed by atoms with Crippen molar-refractivity contribution in [2.45, 2.75) is 63.6 Å². The molecule has 1 saturated heterocycles. The van der Waals surface area contributed by atoms with Crippen LogP contribution in [-0.2, 0) is 14.4 Å². The lowest BCUT2D eigenvalue weighted by Crippen LogP contribution is -2.57. The Morgan fingerprint density at radius 1 is 1.06 bits per heavy atom. The highest BCUT2D eigenvalue weighted by atomic mass is 16.5. The molecule has 4 rings (SSSR count). The van der Waals surface area contributed by atoms with Crippen molar-refractivity contribution in [3.63, 3.8) is 0 Å². The van der Waals surface area contributed by atoms with Gasteiger partial charge in [-0.3, -0.25) is 19.2 Å². The van der Waals surface area contributed by atoms with E-state index in [0.717, 1.165) is 44.9 Å². The van der Waals surface area contributed by atoms with E-state index >= 15 is 0 Å². The number of carbonyl (C=O) groups is 4. The van der Waals surface area contributed by atoms with E-state index in [9.17, 15) is 24.3 Å². The molecule has 1 heterocycles. The highest BCUT2D eigenvalue weighted by molar-refractivity contribution is 6.00. The molecule has 0 spiro atoms. The molecule has 0 bridgehead atoms. The summed E-state index contributed by atoms with van der Waals surface area (Å²) in [6, 6.07) is 6.17. The Morgan fingerprint density at radius 3 is 2.41 bits per heavy atom. The normalized spacial score (nSPS) is 21.7. The first-order chi connectivity index (χ1) is 16.4. The fourth-order valence-corrected chi connectivity index (χ4v) is 5.16. The number of methoxy groups -OCH3 is 1. The Balaban J connectivity index is 1.58. The lowest BCUT2D eigenvalue weighted by molar-refractivity contribution is -0.143. The fourth-order valence-electron chi connectivity index (χ4n) is 5.16. The van der Waals surface area contributed by atoms with Crippen LogP contribution < -0.4 is 10.1 Å². The first-order valence-corrected chi connectivity index (χ1v) is 12.2. The van der Waals surface area contributed by atoms with Gasteiger partial charge >= 0.3 is 5.97 Å². The van der Waals surface area contributed by atoms with Crippen molar-refractivity contribution in [3.8, 4) is 5.75 Å². The molecule has 184 valence electrons. The maximum absolute atomic E-state index is 13.6. The van der Waals surface area contributed by atoms with Crippen LogP contribution in [0.25, 0.3) is 0 Å². The number of carboxylic acids is 1. The van der Waals surface area contributed by atoms with E-state index in [0.29, 0.717) is 11.3 Å². The molecule has 3 aliphatic rings. The van der Waals surface area contributed by atoms with Crippen LogP contribution in [0.5, 0.6) is 5.75 Å². The average molecular weight is 472 g/mol. The van der Waals surface area contributed by atoms with Crippen LogP contribution in [0.2, 0.25) is 0 Å². The second-order valence-electron chi connectivity index (χ2n) is 9.52. The smallest absolute Gasteiger partial charge is 0.305 e. The zero-order valence-corrected chi connectivity index (χ0v) is 19.6. The molecule has 9 heteroatoms. The van der Waals surface area contributed by atoms with Crippen LogP contribution in [0.1, 0.15) is 61.7 Å². The predicted octanol–water partition coefficient (Wildman–Crippen LogP) is 2.26. The molecule has 2 atom stereocenters. The number of carboxylic acid groups (broad SMARTS) is 1. The number of nitrogens with zero attached hydrogens (tertiary/aromatic N) is 2. The minimum Gasteiger partial charge on any atom is -0.497 e. The van der Waals surface area contributed by atoms with Gasteiger partial charge in [-0.1, -0.05) is 25.3 Å². The minimum atomic E-state index is -1.09. The average Bonchev–Trinajstić information content (AvgIpc) is 3.61. The van der Waals surface area contributed by atoms with Crippen LogP contribution in [0, 0.1) is 11.8 Å². The molecular formula is C25H33N3O6. The standard InChI is InChI=1S/C25H33N3O6/c1-34-19-9-5-8-18(14-19)25(33)28-13-12-27(24(32)17-10-11-17)23(28)22(31)26-20(15-21(29)30)16-6-3-2-4-7-16/h5,8-9,14,16-17,20,23H,2-4,6-7,10-13,15H2,1H3,(H,26,31)(H,29,30). The zero-order valence-electron chi connectivity index (χ0n) is 19.6. The van der Waals surface area contributed by atoms with E-state index in [1.807, 2.05) is 0 Å². The quantitative estimate of drug-likeness (QED) is 0.601. The number of amides is 3. The Morgan fingerprint density at radius 2 is 1.76 bits per heavy atom. The van der Waals surface area contributed by atoms with Gasteiger partial charge in [0.1, 0.15) is 5.75 Å². The van der Waals surface area contributed by atoms with Gasteiger partial charge in [0.2, 0.25) is 5.91 Å². The predicted molar refractivity (Wildman–Crippen MR) is 123 cm³/mol. The Kier molecular flexibility index (Phi) is 7.38. The monoisotopic (exact) mass is 471 g/mol. The van der Waals surface area contributed by atoms with E-state index in [1.165, 1.54) is 16.9 Å². The summed E-state index contributed by atoms with van der Waals surface area (Å²) >= 11 is 0. The van der Waals surface area contributed by atoms with Gasteiger partial charge in [0.15, 0.2) is 6.17 Å². The summed E-state index contributed by atoms with van der Waals surface area (Å²) in [6.07, 6.45) is 5.16. The van der Waals surface area contributed by atoms with Gasteiger partial charge in [-0.15, -0.1) is 0 Å². The molecule has 0 radical (unpaired) electrons. The topological polar surface area (TPSA) is 116 Å². The molecule has 2 unspecified atom stereocenters. The molecule has 2 saturated carbocycles. The number of hydrogen-bond acceptors (Lipinski definition) is 5. The fraction of sp³-hybridized carbons (Fsp3) is 0.600. The Bertz CT molecular complexity index is 940. The van der Waals surface area contributed by atoms with Crippen LogP contribution in [0.15, 0.2) is 24.3 Å². The van der Waals surface area contributed by atoms with Crippen LogP contribution in [0.3, 0.4) is 0 Å². The van der Waals surface area contributed by atoms with Crippen molar-refractivity contribution in [1.82, 2.24) is 15.1 Å². The maximum atomic E-state index is 13.6. The molecule has 1 aliphatic heterocycles. The van der Waals surface area contributed by atoms with Crippen molar-refractivity contribution in [1.29, 1.82) is 0 Å². The third-order valence-corrected chi connectivity index (χ3v) is 7.14. The molecule has 3 amide bonds. The van der Waals surface area contributed by atoms with Gasteiger partial charge in [-0.2, -0.15) is 0 Å². The summed E-state index contributed by atoms with van der Waals surface area (Å²) in [7, 11) is 1.51. The van der Waals surface area contributed by atoms with Crippen molar-refractivity contribution in [2.24, 2.45) is 11.8 Å². The zero-order chi connectivity index (χ0) is 24.2. The van der Waals surface area contributed by atoms with E-state index in [2.05, 4.69) is 5.32 Å². The summed E-state index contributed by atoms with van der Waals surface area (Å²) < 4.78 is 5.23. The lowest BCUT2D eigenvalue weighted by Gasteiger charge is -2.34. The maximum Gasteiger partial charge on any atom is 0.305 e. The summed E-state index contributed by atoms with van der Waals surface area (Å²) in [5, 5.41) is 12.4. The molecule has 2 aliphatic carbocycles. The van der Waals surface area contributed by atoms with Gasteiger partial charge in [0.25, 0.3) is 11.8 Å². The molecular weight excluding hydrogens is 438 g/mol. The van der Waals surface area contributed by atoms with Crippen LogP contribution >= 0.6 is 0 Å². The summed E-state index contributed by atoms with van der Waals surface area (Å²) in [5.74, 6) is -1.44. The molecule has 1 aromatic carbocycles. The van der Waals surface area contributed by atoms with Crippen molar-refractivity contribution >= 4 is 23.7 Å². The molecule has 3 fully saturated rings. The second-order valence-corrected chi connectivity index (χ2v) is 9.52. The number of nitrogens with one attached hydrogen (secondary N) is 1. The highest BCUT2D eigenvalue weighted by Gasteiger charge is 2.47. The van der Waals surface area contributed by atoms with Gasteiger partial charge in [0, 0.05) is 30.6 Å². The van der Waals surface area contributed by atoms with Crippen molar-refractivity contribution in [3.05, 3.63) is 29.8 Å². The number of rotatable bonds is 8.